The fourth-order valence-corrected chi connectivity index (χ4v) is 2.70. The minimum Gasteiger partial charge on any atom is -0.499 e. The predicted octanol–water partition coefficient (Wildman–Crippen LogP) is 4.95. The Morgan fingerprint density at radius 3 is 2.32 bits per heavy atom. The minimum atomic E-state index is -0.318. The molecule has 0 N–H and O–H groups in total. The molecule has 4 heteroatoms. The van der Waals surface area contributed by atoms with Crippen molar-refractivity contribution in [2.75, 3.05) is 26.4 Å². The monoisotopic (exact) mass is 348 g/mol. The molecular formula is C21H32O4. The zero-order valence-electron chi connectivity index (χ0n) is 16.0. The molecule has 4 nitrogen and oxygen atoms in total. The second-order valence-electron chi connectivity index (χ2n) is 7.28. The van der Waals surface area contributed by atoms with Gasteiger partial charge in [-0.05, 0) is 41.9 Å². The van der Waals surface area contributed by atoms with Crippen molar-refractivity contribution in [2.24, 2.45) is 5.41 Å². The van der Waals surface area contributed by atoms with Crippen LogP contribution in [0.5, 0.6) is 0 Å². The Kier molecular flexibility index (Phi) is 9.28. The van der Waals surface area contributed by atoms with Crippen molar-refractivity contribution in [1.82, 2.24) is 0 Å². The molecule has 0 aliphatic rings. The van der Waals surface area contributed by atoms with E-state index in [1.165, 1.54) is 11.8 Å². The van der Waals surface area contributed by atoms with Crippen LogP contribution in [-0.2, 0) is 14.2 Å². The van der Waals surface area contributed by atoms with Crippen molar-refractivity contribution in [3.05, 3.63) is 48.2 Å². The van der Waals surface area contributed by atoms with Crippen LogP contribution in [0.15, 0.2) is 37.1 Å². The average Bonchev–Trinajstić information content (AvgIpc) is 2.58. The van der Waals surface area contributed by atoms with Crippen molar-refractivity contribution in [3.8, 4) is 0 Å². The molecule has 1 unspecified atom stereocenters. The molecule has 0 radical (unpaired) electrons. The Bertz CT molecular complexity index is 514. The van der Waals surface area contributed by atoms with E-state index in [-0.39, 0.29) is 18.0 Å². The van der Waals surface area contributed by atoms with Crippen LogP contribution < -0.4 is 0 Å². The molecule has 1 aromatic carbocycles. The molecule has 0 saturated carbocycles. The first-order chi connectivity index (χ1) is 11.9. The summed E-state index contributed by atoms with van der Waals surface area (Å²) in [6.45, 7) is 13.9. The normalized spacial score (nSPS) is 12.5. The quantitative estimate of drug-likeness (QED) is 0.322. The zero-order valence-corrected chi connectivity index (χ0v) is 16.0. The van der Waals surface area contributed by atoms with Crippen molar-refractivity contribution in [3.63, 3.8) is 0 Å². The van der Waals surface area contributed by atoms with Gasteiger partial charge in [-0.1, -0.05) is 46.4 Å². The van der Waals surface area contributed by atoms with Crippen LogP contribution in [0.25, 0.3) is 0 Å². The number of rotatable bonds is 11. The molecular weight excluding hydrogens is 316 g/mol. The highest BCUT2D eigenvalue weighted by molar-refractivity contribution is 5.89. The Morgan fingerprint density at radius 2 is 1.76 bits per heavy atom. The van der Waals surface area contributed by atoms with Gasteiger partial charge in [0, 0.05) is 0 Å². The molecule has 1 atom stereocenters. The lowest BCUT2D eigenvalue weighted by Crippen LogP contribution is -2.13. The maximum atomic E-state index is 12.0. The smallest absolute Gasteiger partial charge is 0.338 e. The summed E-state index contributed by atoms with van der Waals surface area (Å²) in [6.07, 6.45) is 3.59. The lowest BCUT2D eigenvalue weighted by atomic mass is 9.80. The molecule has 0 amide bonds. The topological polar surface area (TPSA) is 44.8 Å². The van der Waals surface area contributed by atoms with Crippen LogP contribution in [0.1, 0.15) is 62.4 Å². The zero-order chi connectivity index (χ0) is 18.7. The van der Waals surface area contributed by atoms with Gasteiger partial charge in [-0.25, -0.2) is 4.79 Å². The van der Waals surface area contributed by atoms with E-state index in [0.29, 0.717) is 31.3 Å². The maximum Gasteiger partial charge on any atom is 0.338 e. The number of carbonyl (C=O) groups excluding carboxylic acids is 1. The molecule has 0 saturated heterocycles. The third-order valence-corrected chi connectivity index (χ3v) is 3.89. The van der Waals surface area contributed by atoms with Crippen molar-refractivity contribution < 1.29 is 19.0 Å². The largest absolute Gasteiger partial charge is 0.499 e. The van der Waals surface area contributed by atoms with Gasteiger partial charge in [-0.15, -0.1) is 0 Å². The Morgan fingerprint density at radius 1 is 1.12 bits per heavy atom. The van der Waals surface area contributed by atoms with E-state index in [0.717, 1.165) is 12.8 Å². The number of benzene rings is 1. The summed E-state index contributed by atoms with van der Waals surface area (Å²) in [5.74, 6) is 0.192. The Balaban J connectivity index is 2.44. The Labute approximate surface area is 152 Å². The average molecular weight is 348 g/mol. The molecule has 0 fully saturated rings. The molecule has 1 aromatic rings. The van der Waals surface area contributed by atoms with Crippen molar-refractivity contribution in [1.29, 1.82) is 0 Å². The SMILES string of the molecule is C=COCCOCCOC(=O)c1ccc(C(CC)CC(C)(C)C)cc1. The molecule has 0 aliphatic carbocycles. The summed E-state index contributed by atoms with van der Waals surface area (Å²) in [7, 11) is 0. The summed E-state index contributed by atoms with van der Waals surface area (Å²) in [5.41, 5.74) is 2.14. The summed E-state index contributed by atoms with van der Waals surface area (Å²) in [6, 6.07) is 7.78. The van der Waals surface area contributed by atoms with Crippen LogP contribution in [0.3, 0.4) is 0 Å². The van der Waals surface area contributed by atoms with Gasteiger partial charge in [0.2, 0.25) is 0 Å². The molecule has 0 spiro atoms. The number of carbonyl (C=O) groups is 1. The molecule has 0 heterocycles. The highest BCUT2D eigenvalue weighted by Gasteiger charge is 2.19. The molecule has 0 aromatic heterocycles. The van der Waals surface area contributed by atoms with Gasteiger partial charge in [0.15, 0.2) is 0 Å². The third kappa shape index (κ3) is 8.73. The van der Waals surface area contributed by atoms with Gasteiger partial charge in [0.1, 0.15) is 13.2 Å². The van der Waals surface area contributed by atoms with Crippen LogP contribution in [0, 0.1) is 5.41 Å². The molecule has 140 valence electrons. The second kappa shape index (κ2) is 10.9. The predicted molar refractivity (Wildman–Crippen MR) is 101 cm³/mol. The lowest BCUT2D eigenvalue weighted by molar-refractivity contribution is 0.0246. The first-order valence-corrected chi connectivity index (χ1v) is 8.94. The van der Waals surface area contributed by atoms with Crippen LogP contribution >= 0.6 is 0 Å². The third-order valence-electron chi connectivity index (χ3n) is 3.89. The van der Waals surface area contributed by atoms with Gasteiger partial charge < -0.3 is 14.2 Å². The van der Waals surface area contributed by atoms with Gasteiger partial charge in [-0.3, -0.25) is 0 Å². The molecule has 0 aliphatic heterocycles. The van der Waals surface area contributed by atoms with Crippen LogP contribution in [0.2, 0.25) is 0 Å². The summed E-state index contributed by atoms with van der Waals surface area (Å²) in [4.78, 5) is 12.0. The van der Waals surface area contributed by atoms with Crippen molar-refractivity contribution in [2.45, 2.75) is 46.5 Å². The highest BCUT2D eigenvalue weighted by Crippen LogP contribution is 2.33. The molecule has 25 heavy (non-hydrogen) atoms. The summed E-state index contributed by atoms with van der Waals surface area (Å²) >= 11 is 0. The van der Waals surface area contributed by atoms with Gasteiger partial charge in [-0.2, -0.15) is 0 Å². The fourth-order valence-electron chi connectivity index (χ4n) is 2.70. The minimum absolute atomic E-state index is 0.232. The van der Waals surface area contributed by atoms with E-state index < -0.39 is 0 Å². The van der Waals surface area contributed by atoms with E-state index in [1.54, 1.807) is 0 Å². The van der Waals surface area contributed by atoms with E-state index in [1.807, 2.05) is 24.3 Å². The maximum absolute atomic E-state index is 12.0. The summed E-state index contributed by atoms with van der Waals surface area (Å²) in [5, 5.41) is 0. The van der Waals surface area contributed by atoms with E-state index in [4.69, 9.17) is 14.2 Å². The molecule has 1 rings (SSSR count). The lowest BCUT2D eigenvalue weighted by Gasteiger charge is -2.25. The van der Waals surface area contributed by atoms with Gasteiger partial charge in [0.25, 0.3) is 0 Å². The van der Waals surface area contributed by atoms with Crippen LogP contribution in [-0.4, -0.2) is 32.4 Å². The second-order valence-corrected chi connectivity index (χ2v) is 7.28. The van der Waals surface area contributed by atoms with Crippen molar-refractivity contribution >= 4 is 5.97 Å². The number of esters is 1. The molecule has 0 bridgehead atoms. The van der Waals surface area contributed by atoms with Gasteiger partial charge in [0.05, 0.1) is 25.0 Å². The number of ether oxygens (including phenoxy) is 3. The van der Waals surface area contributed by atoms with E-state index in [2.05, 4.69) is 34.3 Å². The Hall–Kier alpha value is -1.81. The first kappa shape index (κ1) is 21.2. The first-order valence-electron chi connectivity index (χ1n) is 8.94. The highest BCUT2D eigenvalue weighted by atomic mass is 16.6. The van der Waals surface area contributed by atoms with Gasteiger partial charge >= 0.3 is 5.97 Å². The van der Waals surface area contributed by atoms with Crippen LogP contribution in [0.4, 0.5) is 0 Å². The number of hydrogen-bond acceptors (Lipinski definition) is 4. The van der Waals surface area contributed by atoms with E-state index >= 15 is 0 Å². The fraction of sp³-hybridized carbons (Fsp3) is 0.571. The standard InChI is InChI=1S/C21H32O4/c1-6-17(16-21(3,4)5)18-8-10-19(11-9-18)20(22)25-15-14-24-13-12-23-7-2/h7-11,17H,2,6,12-16H2,1,3-5H3. The number of hydrogen-bond donors (Lipinski definition) is 0. The summed E-state index contributed by atoms with van der Waals surface area (Å²) < 4.78 is 15.4. The van der Waals surface area contributed by atoms with E-state index in [9.17, 15) is 4.79 Å².